The van der Waals surface area contributed by atoms with E-state index in [4.69, 9.17) is 9.47 Å². The minimum atomic E-state index is -0.362. The molecule has 0 radical (unpaired) electrons. The molecule has 0 aliphatic heterocycles. The number of hydrogen-bond donors (Lipinski definition) is 0. The fourth-order valence-electron chi connectivity index (χ4n) is 2.98. The van der Waals surface area contributed by atoms with Gasteiger partial charge >= 0.3 is 11.9 Å². The first-order valence-electron chi connectivity index (χ1n) is 7.76. The molecule has 2 atom stereocenters. The lowest BCUT2D eigenvalue weighted by Crippen LogP contribution is -2.10. The van der Waals surface area contributed by atoms with Crippen LogP contribution in [0.1, 0.15) is 31.9 Å². The van der Waals surface area contributed by atoms with Crippen molar-refractivity contribution in [3.63, 3.8) is 0 Å². The topological polar surface area (TPSA) is 52.6 Å². The zero-order valence-corrected chi connectivity index (χ0v) is 14.4. The third-order valence-corrected chi connectivity index (χ3v) is 4.57. The summed E-state index contributed by atoms with van der Waals surface area (Å²) >= 11 is 0. The van der Waals surface area contributed by atoms with Crippen LogP contribution in [0.2, 0.25) is 0 Å². The third-order valence-electron chi connectivity index (χ3n) is 4.57. The summed E-state index contributed by atoms with van der Waals surface area (Å²) in [6.45, 7) is 8.01. The SMILES string of the molecule is COC(=O)/C(C)=C/[C@@H]1[C@@H](C(=O)OCc2cccc(C)c2)C1(C)C. The molecule has 1 saturated carbocycles. The van der Waals surface area contributed by atoms with E-state index in [0.29, 0.717) is 5.57 Å². The van der Waals surface area contributed by atoms with Crippen molar-refractivity contribution in [3.05, 3.63) is 47.0 Å². The standard InChI is InChI=1S/C19H24O4/c1-12-7-6-8-14(9-12)11-23-18(21)16-15(19(16,3)4)10-13(2)17(20)22-5/h6-10,15-16H,11H2,1-5H3/b13-10+/t15-,16+/m1/s1. The van der Waals surface area contributed by atoms with E-state index >= 15 is 0 Å². The Morgan fingerprint density at radius 3 is 2.61 bits per heavy atom. The van der Waals surface area contributed by atoms with Gasteiger partial charge < -0.3 is 9.47 Å². The zero-order valence-electron chi connectivity index (χ0n) is 14.4. The second-order valence-corrected chi connectivity index (χ2v) is 6.76. The predicted molar refractivity (Wildman–Crippen MR) is 87.5 cm³/mol. The molecule has 4 heteroatoms. The van der Waals surface area contributed by atoms with Crippen LogP contribution in [-0.4, -0.2) is 19.0 Å². The Kier molecular flexibility index (Phi) is 4.93. The van der Waals surface area contributed by atoms with Gasteiger partial charge in [-0.1, -0.05) is 49.8 Å². The van der Waals surface area contributed by atoms with Crippen molar-refractivity contribution in [1.29, 1.82) is 0 Å². The van der Waals surface area contributed by atoms with Gasteiger partial charge in [-0.2, -0.15) is 0 Å². The highest BCUT2D eigenvalue weighted by Crippen LogP contribution is 2.59. The maximum Gasteiger partial charge on any atom is 0.333 e. The molecular formula is C19H24O4. The van der Waals surface area contributed by atoms with Crippen LogP contribution in [-0.2, 0) is 25.7 Å². The molecule has 124 valence electrons. The maximum atomic E-state index is 12.3. The summed E-state index contributed by atoms with van der Waals surface area (Å²) in [5.41, 5.74) is 2.45. The van der Waals surface area contributed by atoms with Crippen molar-refractivity contribution in [2.75, 3.05) is 7.11 Å². The number of carbonyl (C=O) groups excluding carboxylic acids is 2. The lowest BCUT2D eigenvalue weighted by molar-refractivity contribution is -0.147. The van der Waals surface area contributed by atoms with E-state index in [9.17, 15) is 9.59 Å². The minimum Gasteiger partial charge on any atom is -0.466 e. The van der Waals surface area contributed by atoms with Crippen molar-refractivity contribution >= 4 is 11.9 Å². The summed E-state index contributed by atoms with van der Waals surface area (Å²) in [5.74, 6) is -0.784. The Hall–Kier alpha value is -2.10. The minimum absolute atomic E-state index is 0.00612. The van der Waals surface area contributed by atoms with Gasteiger partial charge in [-0.25, -0.2) is 4.79 Å². The van der Waals surface area contributed by atoms with Gasteiger partial charge in [0.1, 0.15) is 6.61 Å². The fraction of sp³-hybridized carbons (Fsp3) is 0.474. The van der Waals surface area contributed by atoms with E-state index in [2.05, 4.69) is 0 Å². The molecule has 0 spiro atoms. The Balaban J connectivity index is 1.98. The number of esters is 2. The molecule has 23 heavy (non-hydrogen) atoms. The number of carbonyl (C=O) groups is 2. The zero-order chi connectivity index (χ0) is 17.2. The normalized spacial score (nSPS) is 22.4. The molecule has 0 unspecified atom stereocenters. The van der Waals surface area contributed by atoms with E-state index in [1.165, 1.54) is 7.11 Å². The van der Waals surface area contributed by atoms with E-state index < -0.39 is 0 Å². The van der Waals surface area contributed by atoms with Gasteiger partial charge in [-0.3, -0.25) is 4.79 Å². The van der Waals surface area contributed by atoms with Crippen LogP contribution >= 0.6 is 0 Å². The molecule has 1 fully saturated rings. The molecule has 0 heterocycles. The number of hydrogen-bond acceptors (Lipinski definition) is 4. The lowest BCUT2D eigenvalue weighted by atomic mass is 10.1. The van der Waals surface area contributed by atoms with Gasteiger partial charge in [0.05, 0.1) is 13.0 Å². The summed E-state index contributed by atoms with van der Waals surface area (Å²) in [6, 6.07) is 7.90. The van der Waals surface area contributed by atoms with Crippen LogP contribution in [0.5, 0.6) is 0 Å². The van der Waals surface area contributed by atoms with E-state index in [-0.39, 0.29) is 35.8 Å². The van der Waals surface area contributed by atoms with Crippen molar-refractivity contribution < 1.29 is 19.1 Å². The molecule has 2 rings (SSSR count). The van der Waals surface area contributed by atoms with E-state index in [0.717, 1.165) is 11.1 Å². The number of allylic oxidation sites excluding steroid dienone is 1. The highest BCUT2D eigenvalue weighted by atomic mass is 16.5. The molecule has 0 saturated heterocycles. The van der Waals surface area contributed by atoms with Gasteiger partial charge in [0, 0.05) is 5.57 Å². The quantitative estimate of drug-likeness (QED) is 0.617. The molecule has 1 aliphatic carbocycles. The second-order valence-electron chi connectivity index (χ2n) is 6.76. The molecule has 0 amide bonds. The molecule has 1 aliphatic rings. The van der Waals surface area contributed by atoms with Crippen molar-refractivity contribution in [2.45, 2.75) is 34.3 Å². The summed E-state index contributed by atoms with van der Waals surface area (Å²) < 4.78 is 10.2. The Morgan fingerprint density at radius 2 is 2.00 bits per heavy atom. The first-order valence-corrected chi connectivity index (χ1v) is 7.76. The van der Waals surface area contributed by atoms with Gasteiger partial charge in [-0.05, 0) is 30.7 Å². The monoisotopic (exact) mass is 316 g/mol. The predicted octanol–water partition coefficient (Wildman–Crippen LogP) is 3.43. The average Bonchev–Trinajstić information content (AvgIpc) is 3.04. The third kappa shape index (κ3) is 3.81. The van der Waals surface area contributed by atoms with Crippen LogP contribution in [0.4, 0.5) is 0 Å². The number of benzene rings is 1. The van der Waals surface area contributed by atoms with Crippen molar-refractivity contribution in [3.8, 4) is 0 Å². The van der Waals surface area contributed by atoms with Crippen LogP contribution < -0.4 is 0 Å². The van der Waals surface area contributed by atoms with Gasteiger partial charge in [0.2, 0.25) is 0 Å². The lowest BCUT2D eigenvalue weighted by Gasteiger charge is -2.06. The molecule has 1 aromatic carbocycles. The summed E-state index contributed by atoms with van der Waals surface area (Å²) in [7, 11) is 1.35. The Morgan fingerprint density at radius 1 is 1.30 bits per heavy atom. The molecule has 0 aromatic heterocycles. The summed E-state index contributed by atoms with van der Waals surface area (Å²) in [4.78, 5) is 23.8. The largest absolute Gasteiger partial charge is 0.466 e. The maximum absolute atomic E-state index is 12.3. The van der Waals surface area contributed by atoms with Crippen molar-refractivity contribution in [2.24, 2.45) is 17.3 Å². The van der Waals surface area contributed by atoms with Crippen LogP contribution in [0.3, 0.4) is 0 Å². The smallest absolute Gasteiger partial charge is 0.333 e. The number of aryl methyl sites for hydroxylation is 1. The fourth-order valence-corrected chi connectivity index (χ4v) is 2.98. The van der Waals surface area contributed by atoms with Crippen molar-refractivity contribution in [1.82, 2.24) is 0 Å². The molecule has 1 aromatic rings. The molecular weight excluding hydrogens is 292 g/mol. The van der Waals surface area contributed by atoms with Gasteiger partial charge in [0.25, 0.3) is 0 Å². The van der Waals surface area contributed by atoms with Crippen LogP contribution in [0.15, 0.2) is 35.9 Å². The molecule has 0 bridgehead atoms. The van der Waals surface area contributed by atoms with E-state index in [1.807, 2.05) is 51.1 Å². The average molecular weight is 316 g/mol. The van der Waals surface area contributed by atoms with Crippen LogP contribution in [0, 0.1) is 24.2 Å². The summed E-state index contributed by atoms with van der Waals surface area (Å²) in [6.07, 6.45) is 1.82. The Bertz CT molecular complexity index is 643. The first kappa shape index (κ1) is 17.3. The van der Waals surface area contributed by atoms with E-state index in [1.54, 1.807) is 6.92 Å². The molecule has 0 N–H and O–H groups in total. The first-order chi connectivity index (χ1) is 10.8. The van der Waals surface area contributed by atoms with Crippen LogP contribution in [0.25, 0.3) is 0 Å². The highest BCUT2D eigenvalue weighted by molar-refractivity contribution is 5.88. The van der Waals surface area contributed by atoms with Gasteiger partial charge in [0.15, 0.2) is 0 Å². The summed E-state index contributed by atoms with van der Waals surface area (Å²) in [5, 5.41) is 0. The molecule has 4 nitrogen and oxygen atoms in total. The highest BCUT2D eigenvalue weighted by Gasteiger charge is 2.61. The number of ether oxygens (including phenoxy) is 2. The number of rotatable bonds is 5. The Labute approximate surface area is 137 Å². The van der Waals surface area contributed by atoms with Gasteiger partial charge in [-0.15, -0.1) is 0 Å². The second kappa shape index (κ2) is 6.57. The number of methoxy groups -OCH3 is 1.